The van der Waals surface area contributed by atoms with E-state index < -0.39 is 11.9 Å². The summed E-state index contributed by atoms with van der Waals surface area (Å²) in [6.07, 6.45) is 1.32. The fourth-order valence-electron chi connectivity index (χ4n) is 0.606. The Hall–Kier alpha value is -1.19. The maximum absolute atomic E-state index is 10.8. The Morgan fingerprint density at radius 2 is 2.27 bits per heavy atom. The molecule has 4 heteroatoms. The standard InChI is InChI=1S/C7H12N2O2/c1-5(7(10)11-2)6(9)3-4-8/h4-5,8-9H,3H2,1-2H3. The topological polar surface area (TPSA) is 74.0 Å². The number of ether oxygens (including phenoxy) is 1. The Labute approximate surface area is 65.6 Å². The van der Waals surface area contributed by atoms with Gasteiger partial charge in [-0.15, -0.1) is 0 Å². The molecular weight excluding hydrogens is 144 g/mol. The number of esters is 1. The molecule has 0 saturated carbocycles. The van der Waals surface area contributed by atoms with Crippen molar-refractivity contribution in [3.05, 3.63) is 0 Å². The van der Waals surface area contributed by atoms with Crippen molar-refractivity contribution in [1.82, 2.24) is 0 Å². The lowest BCUT2D eigenvalue weighted by atomic mass is 10.0. The van der Waals surface area contributed by atoms with Gasteiger partial charge in [0, 0.05) is 18.3 Å². The molecule has 4 nitrogen and oxygen atoms in total. The Balaban J connectivity index is 4.01. The van der Waals surface area contributed by atoms with Crippen LogP contribution in [-0.4, -0.2) is 25.0 Å². The van der Waals surface area contributed by atoms with Gasteiger partial charge in [-0.2, -0.15) is 0 Å². The Kier molecular flexibility index (Phi) is 4.10. The van der Waals surface area contributed by atoms with E-state index in [0.717, 1.165) is 6.21 Å². The first-order valence-electron chi connectivity index (χ1n) is 3.27. The van der Waals surface area contributed by atoms with Crippen LogP contribution in [0.2, 0.25) is 0 Å². The zero-order valence-corrected chi connectivity index (χ0v) is 6.68. The van der Waals surface area contributed by atoms with E-state index in [0.29, 0.717) is 0 Å². The summed E-state index contributed by atoms with van der Waals surface area (Å²) in [5.41, 5.74) is 0.215. The molecule has 62 valence electrons. The molecule has 0 saturated heterocycles. The predicted molar refractivity (Wildman–Crippen MR) is 42.3 cm³/mol. The maximum Gasteiger partial charge on any atom is 0.314 e. The quantitative estimate of drug-likeness (QED) is 0.468. The lowest BCUT2D eigenvalue weighted by Crippen LogP contribution is -2.21. The summed E-state index contributed by atoms with van der Waals surface area (Å²) in [7, 11) is 1.29. The molecule has 0 radical (unpaired) electrons. The average Bonchev–Trinajstić information content (AvgIpc) is 2.02. The third-order valence-electron chi connectivity index (χ3n) is 1.40. The minimum absolute atomic E-state index is 0.215. The second-order valence-electron chi connectivity index (χ2n) is 2.18. The first kappa shape index (κ1) is 9.81. The first-order valence-corrected chi connectivity index (χ1v) is 3.27. The molecular formula is C7H12N2O2. The van der Waals surface area contributed by atoms with Crippen LogP contribution in [0.25, 0.3) is 0 Å². The Morgan fingerprint density at radius 1 is 1.73 bits per heavy atom. The van der Waals surface area contributed by atoms with E-state index in [1.807, 2.05) is 0 Å². The highest BCUT2D eigenvalue weighted by atomic mass is 16.5. The molecule has 0 aliphatic rings. The van der Waals surface area contributed by atoms with Gasteiger partial charge in [0.2, 0.25) is 0 Å². The van der Waals surface area contributed by atoms with Crippen molar-refractivity contribution in [3.63, 3.8) is 0 Å². The van der Waals surface area contributed by atoms with E-state index >= 15 is 0 Å². The lowest BCUT2D eigenvalue weighted by Gasteiger charge is -2.07. The summed E-state index contributed by atoms with van der Waals surface area (Å²) < 4.78 is 4.42. The summed E-state index contributed by atoms with van der Waals surface area (Å²) in [4.78, 5) is 10.8. The molecule has 0 heterocycles. The van der Waals surface area contributed by atoms with E-state index in [-0.39, 0.29) is 12.1 Å². The third kappa shape index (κ3) is 2.93. The molecule has 1 unspecified atom stereocenters. The second kappa shape index (κ2) is 4.60. The first-order chi connectivity index (χ1) is 5.13. The van der Waals surface area contributed by atoms with Gasteiger partial charge in [-0.1, -0.05) is 0 Å². The van der Waals surface area contributed by atoms with Crippen LogP contribution >= 0.6 is 0 Å². The number of rotatable bonds is 4. The van der Waals surface area contributed by atoms with Crippen molar-refractivity contribution < 1.29 is 9.53 Å². The molecule has 1 atom stereocenters. The number of hydrogen-bond donors (Lipinski definition) is 2. The molecule has 0 aromatic carbocycles. The minimum atomic E-state index is -0.526. The Bertz CT molecular complexity index is 177. The number of hydrogen-bond acceptors (Lipinski definition) is 4. The van der Waals surface area contributed by atoms with Gasteiger partial charge in [-0.05, 0) is 6.92 Å². The molecule has 11 heavy (non-hydrogen) atoms. The number of nitrogens with one attached hydrogen (secondary N) is 2. The number of carbonyl (C=O) groups excluding carboxylic acids is 1. The van der Waals surface area contributed by atoms with Gasteiger partial charge in [0.25, 0.3) is 0 Å². The van der Waals surface area contributed by atoms with Crippen molar-refractivity contribution >= 4 is 17.9 Å². The van der Waals surface area contributed by atoms with Crippen LogP contribution in [0.15, 0.2) is 0 Å². The van der Waals surface area contributed by atoms with E-state index in [9.17, 15) is 4.79 Å². The normalized spacial score (nSPS) is 11.8. The van der Waals surface area contributed by atoms with E-state index in [2.05, 4.69) is 4.74 Å². The van der Waals surface area contributed by atoms with Crippen LogP contribution in [0.3, 0.4) is 0 Å². The third-order valence-corrected chi connectivity index (χ3v) is 1.40. The van der Waals surface area contributed by atoms with Crippen LogP contribution in [0.5, 0.6) is 0 Å². The molecule has 0 bridgehead atoms. The monoisotopic (exact) mass is 156 g/mol. The minimum Gasteiger partial charge on any atom is -0.469 e. The molecule has 0 aliphatic carbocycles. The highest BCUT2D eigenvalue weighted by Gasteiger charge is 2.16. The van der Waals surface area contributed by atoms with Crippen molar-refractivity contribution in [2.75, 3.05) is 7.11 Å². The van der Waals surface area contributed by atoms with Gasteiger partial charge < -0.3 is 15.6 Å². The molecule has 0 amide bonds. The summed E-state index contributed by atoms with van der Waals surface area (Å²) in [5, 5.41) is 14.0. The van der Waals surface area contributed by atoms with E-state index in [1.165, 1.54) is 7.11 Å². The summed E-state index contributed by atoms with van der Waals surface area (Å²) in [6, 6.07) is 0. The zero-order chi connectivity index (χ0) is 8.85. The van der Waals surface area contributed by atoms with Gasteiger partial charge in [0.05, 0.1) is 13.0 Å². The largest absolute Gasteiger partial charge is 0.469 e. The van der Waals surface area contributed by atoms with Gasteiger partial charge in [0.15, 0.2) is 0 Å². The summed E-state index contributed by atoms with van der Waals surface area (Å²) >= 11 is 0. The highest BCUT2D eigenvalue weighted by Crippen LogP contribution is 2.01. The maximum atomic E-state index is 10.8. The van der Waals surface area contributed by atoms with Crippen molar-refractivity contribution in [2.45, 2.75) is 13.3 Å². The SMILES string of the molecule is COC(=O)C(C)C(=N)CC=N. The summed E-state index contributed by atoms with van der Waals surface area (Å²) in [5.74, 6) is -0.946. The molecule has 2 N–H and O–H groups in total. The molecule has 0 aromatic rings. The van der Waals surface area contributed by atoms with Crippen LogP contribution in [0.4, 0.5) is 0 Å². The number of carbonyl (C=O) groups is 1. The lowest BCUT2D eigenvalue weighted by molar-refractivity contribution is -0.142. The highest BCUT2D eigenvalue weighted by molar-refractivity contribution is 6.04. The molecule has 0 fully saturated rings. The van der Waals surface area contributed by atoms with Crippen LogP contribution in [0.1, 0.15) is 13.3 Å². The average molecular weight is 156 g/mol. The van der Waals surface area contributed by atoms with Crippen molar-refractivity contribution in [2.24, 2.45) is 5.92 Å². The molecule has 0 aromatic heterocycles. The smallest absolute Gasteiger partial charge is 0.314 e. The van der Waals surface area contributed by atoms with Crippen LogP contribution in [-0.2, 0) is 9.53 Å². The van der Waals surface area contributed by atoms with Crippen molar-refractivity contribution in [3.8, 4) is 0 Å². The fraction of sp³-hybridized carbons (Fsp3) is 0.571. The van der Waals surface area contributed by atoms with Gasteiger partial charge in [-0.3, -0.25) is 4.79 Å². The number of methoxy groups -OCH3 is 1. The predicted octanol–water partition coefficient (Wildman–Crippen LogP) is 0.855. The van der Waals surface area contributed by atoms with E-state index in [4.69, 9.17) is 10.8 Å². The summed E-state index contributed by atoms with van der Waals surface area (Å²) in [6.45, 7) is 1.59. The van der Waals surface area contributed by atoms with Gasteiger partial charge in [-0.25, -0.2) is 0 Å². The molecule has 0 aliphatic heterocycles. The van der Waals surface area contributed by atoms with Crippen LogP contribution in [0, 0.1) is 16.7 Å². The molecule has 0 spiro atoms. The Morgan fingerprint density at radius 3 is 2.64 bits per heavy atom. The van der Waals surface area contributed by atoms with E-state index in [1.54, 1.807) is 6.92 Å². The van der Waals surface area contributed by atoms with Crippen LogP contribution < -0.4 is 0 Å². The van der Waals surface area contributed by atoms with Gasteiger partial charge >= 0.3 is 5.97 Å². The molecule has 0 rings (SSSR count). The van der Waals surface area contributed by atoms with Crippen molar-refractivity contribution in [1.29, 1.82) is 10.8 Å². The zero-order valence-electron chi connectivity index (χ0n) is 6.68. The second-order valence-corrected chi connectivity index (χ2v) is 2.18. The fourth-order valence-corrected chi connectivity index (χ4v) is 0.606. The van der Waals surface area contributed by atoms with Gasteiger partial charge in [0.1, 0.15) is 0 Å².